The molecule has 1 saturated heterocycles. The van der Waals surface area contributed by atoms with Crippen LogP contribution in [-0.4, -0.2) is 39.2 Å². The van der Waals surface area contributed by atoms with Crippen LogP contribution >= 0.6 is 23.1 Å². The zero-order chi connectivity index (χ0) is 19.3. The number of anilines is 2. The van der Waals surface area contributed by atoms with Gasteiger partial charge in [-0.1, -0.05) is 6.92 Å². The number of aromatic nitrogens is 2. The molecule has 1 fully saturated rings. The molecule has 1 aromatic carbocycles. The third kappa shape index (κ3) is 3.00. The molecular weight excluding hydrogens is 391 g/mol. The number of benzene rings is 1. The van der Waals surface area contributed by atoms with Crippen molar-refractivity contribution >= 4 is 44.7 Å². The van der Waals surface area contributed by atoms with Gasteiger partial charge in [0.15, 0.2) is 5.82 Å². The number of hydrogen-bond acceptors (Lipinski definition) is 6. The number of halogens is 1. The first-order chi connectivity index (χ1) is 13.7. The van der Waals surface area contributed by atoms with Crippen molar-refractivity contribution in [2.45, 2.75) is 43.0 Å². The third-order valence-electron chi connectivity index (χ3n) is 6.22. The number of thioether (sulfide) groups is 1. The minimum Gasteiger partial charge on any atom is -0.353 e. The zero-order valence-electron chi connectivity index (χ0n) is 16.0. The molecule has 2 aliphatic heterocycles. The highest BCUT2D eigenvalue weighted by Gasteiger charge is 2.39. The first-order valence-corrected chi connectivity index (χ1v) is 11.6. The van der Waals surface area contributed by atoms with Gasteiger partial charge in [-0.3, -0.25) is 0 Å². The molecule has 5 rings (SSSR count). The van der Waals surface area contributed by atoms with E-state index in [1.54, 1.807) is 11.6 Å². The number of fused-ring (bicyclic) bond motifs is 2. The summed E-state index contributed by atoms with van der Waals surface area (Å²) < 4.78 is 15.7. The summed E-state index contributed by atoms with van der Waals surface area (Å²) in [4.78, 5) is 11.3. The third-order valence-corrected chi connectivity index (χ3v) is 8.41. The molecule has 2 aromatic heterocycles. The molecule has 3 aromatic rings. The number of rotatable bonds is 4. The van der Waals surface area contributed by atoms with Crippen LogP contribution in [0.2, 0.25) is 0 Å². The maximum absolute atomic E-state index is 14.9. The van der Waals surface area contributed by atoms with Crippen molar-refractivity contribution in [1.82, 2.24) is 14.9 Å². The molecule has 28 heavy (non-hydrogen) atoms. The van der Waals surface area contributed by atoms with E-state index in [4.69, 9.17) is 0 Å². The topological polar surface area (TPSA) is 41.0 Å². The predicted molar refractivity (Wildman–Crippen MR) is 115 cm³/mol. The minimum absolute atomic E-state index is 0.283. The Morgan fingerprint density at radius 1 is 1.25 bits per heavy atom. The molecule has 7 heteroatoms. The Bertz CT molecular complexity index is 1020. The van der Waals surface area contributed by atoms with Crippen LogP contribution in [0, 0.1) is 11.7 Å². The standard InChI is InChI=1S/C21H23FN4S2/c1-3-26-9-7-13(12(26)2)18-10-14-15(6-8-23-21(14)28-18)25-16-4-5-17-20(19(16)22)24-11-27-17/h4-6,8,11-13,18H,3,7,9-10H2,1-2H3,(H,23,25)/t12-,13-,18?/m1/s1. The van der Waals surface area contributed by atoms with Gasteiger partial charge < -0.3 is 10.2 Å². The SMILES string of the molecule is CCN1CC[C@@H](C2Cc3c(Nc4ccc5scnc5c4F)ccnc3S2)[C@H]1C. The van der Waals surface area contributed by atoms with Crippen molar-refractivity contribution < 1.29 is 4.39 Å². The van der Waals surface area contributed by atoms with Crippen LogP contribution in [0.3, 0.4) is 0 Å². The highest BCUT2D eigenvalue weighted by Crippen LogP contribution is 2.46. The number of nitrogens with zero attached hydrogens (tertiary/aromatic N) is 3. The zero-order valence-corrected chi connectivity index (χ0v) is 17.6. The summed E-state index contributed by atoms with van der Waals surface area (Å²) >= 11 is 3.36. The molecule has 3 atom stereocenters. The second-order valence-electron chi connectivity index (χ2n) is 7.58. The fourth-order valence-electron chi connectivity index (χ4n) is 4.63. The van der Waals surface area contributed by atoms with Gasteiger partial charge in [-0.25, -0.2) is 14.4 Å². The van der Waals surface area contributed by atoms with Crippen LogP contribution in [0.15, 0.2) is 34.9 Å². The maximum Gasteiger partial charge on any atom is 0.173 e. The predicted octanol–water partition coefficient (Wildman–Crippen LogP) is 5.32. The number of nitrogens with one attached hydrogen (secondary N) is 1. The van der Waals surface area contributed by atoms with Gasteiger partial charge in [0, 0.05) is 28.7 Å². The van der Waals surface area contributed by atoms with Crippen LogP contribution in [0.25, 0.3) is 10.2 Å². The van der Waals surface area contributed by atoms with Gasteiger partial charge in [0.05, 0.1) is 15.9 Å². The van der Waals surface area contributed by atoms with Crippen LogP contribution < -0.4 is 5.32 Å². The molecule has 0 bridgehead atoms. The monoisotopic (exact) mass is 414 g/mol. The molecular formula is C21H23FN4S2. The second kappa shape index (κ2) is 7.28. The molecule has 2 aliphatic rings. The maximum atomic E-state index is 14.9. The van der Waals surface area contributed by atoms with E-state index in [0.29, 0.717) is 28.4 Å². The largest absolute Gasteiger partial charge is 0.353 e. The summed E-state index contributed by atoms with van der Waals surface area (Å²) in [6.07, 6.45) is 4.06. The van der Waals surface area contributed by atoms with Crippen molar-refractivity contribution in [2.75, 3.05) is 18.4 Å². The molecule has 4 heterocycles. The highest BCUT2D eigenvalue weighted by atomic mass is 32.2. The van der Waals surface area contributed by atoms with Crippen LogP contribution in [0.1, 0.15) is 25.8 Å². The van der Waals surface area contributed by atoms with Gasteiger partial charge in [0.2, 0.25) is 0 Å². The van der Waals surface area contributed by atoms with Crippen molar-refractivity contribution in [1.29, 1.82) is 0 Å². The van der Waals surface area contributed by atoms with E-state index < -0.39 is 0 Å². The van der Waals surface area contributed by atoms with Crippen molar-refractivity contribution in [3.8, 4) is 0 Å². The lowest BCUT2D eigenvalue weighted by molar-refractivity contribution is 0.252. The van der Waals surface area contributed by atoms with Crippen LogP contribution in [0.4, 0.5) is 15.8 Å². The van der Waals surface area contributed by atoms with Crippen molar-refractivity contribution in [3.63, 3.8) is 0 Å². The molecule has 1 unspecified atom stereocenters. The smallest absolute Gasteiger partial charge is 0.173 e. The first kappa shape index (κ1) is 18.3. The lowest BCUT2D eigenvalue weighted by Crippen LogP contribution is -2.33. The van der Waals surface area contributed by atoms with Crippen LogP contribution in [0.5, 0.6) is 0 Å². The Balaban J connectivity index is 1.41. The van der Waals surface area contributed by atoms with Gasteiger partial charge >= 0.3 is 0 Å². The molecule has 0 radical (unpaired) electrons. The minimum atomic E-state index is -0.283. The van der Waals surface area contributed by atoms with Gasteiger partial charge in [-0.05, 0) is 57.0 Å². The van der Waals surface area contributed by atoms with Gasteiger partial charge in [-0.15, -0.1) is 23.1 Å². The molecule has 146 valence electrons. The normalized spacial score (nSPS) is 24.8. The Kier molecular flexibility index (Phi) is 4.77. The molecule has 0 saturated carbocycles. The van der Waals surface area contributed by atoms with E-state index in [1.807, 2.05) is 30.1 Å². The van der Waals surface area contributed by atoms with Crippen molar-refractivity contribution in [2.24, 2.45) is 5.92 Å². The average Bonchev–Trinajstić information content (AvgIpc) is 3.41. The molecule has 4 nitrogen and oxygen atoms in total. The number of likely N-dealkylation sites (tertiary alicyclic amines) is 1. The number of pyridine rings is 1. The average molecular weight is 415 g/mol. The fraction of sp³-hybridized carbons (Fsp3) is 0.429. The van der Waals surface area contributed by atoms with Gasteiger partial charge in [0.1, 0.15) is 10.5 Å². The van der Waals surface area contributed by atoms with E-state index in [1.165, 1.54) is 29.9 Å². The summed E-state index contributed by atoms with van der Waals surface area (Å²) in [6, 6.07) is 6.30. The van der Waals surface area contributed by atoms with Gasteiger partial charge in [0.25, 0.3) is 0 Å². The summed E-state index contributed by atoms with van der Waals surface area (Å²) in [7, 11) is 0. The van der Waals surface area contributed by atoms with E-state index in [0.717, 1.165) is 28.4 Å². The lowest BCUT2D eigenvalue weighted by Gasteiger charge is -2.26. The number of thiazole rings is 1. The Morgan fingerprint density at radius 2 is 2.14 bits per heavy atom. The Morgan fingerprint density at radius 3 is 2.96 bits per heavy atom. The summed E-state index contributed by atoms with van der Waals surface area (Å²) in [5.41, 5.74) is 4.79. The number of hydrogen-bond donors (Lipinski definition) is 1. The Hall–Kier alpha value is -1.70. The fourth-order valence-corrected chi connectivity index (χ4v) is 6.83. The highest BCUT2D eigenvalue weighted by molar-refractivity contribution is 8.00. The van der Waals surface area contributed by atoms with Gasteiger partial charge in [-0.2, -0.15) is 0 Å². The quantitative estimate of drug-likeness (QED) is 0.626. The summed E-state index contributed by atoms with van der Waals surface area (Å²) in [6.45, 7) is 6.90. The van der Waals surface area contributed by atoms with E-state index in [-0.39, 0.29) is 5.82 Å². The summed E-state index contributed by atoms with van der Waals surface area (Å²) in [5, 5.41) is 4.96. The summed E-state index contributed by atoms with van der Waals surface area (Å²) in [5.74, 6) is 0.393. The second-order valence-corrected chi connectivity index (χ2v) is 9.69. The van der Waals surface area contributed by atoms with E-state index >= 15 is 0 Å². The van der Waals surface area contributed by atoms with Crippen molar-refractivity contribution in [3.05, 3.63) is 41.3 Å². The van der Waals surface area contributed by atoms with Crippen LogP contribution in [-0.2, 0) is 6.42 Å². The first-order valence-electron chi connectivity index (χ1n) is 9.83. The van der Waals surface area contributed by atoms with E-state index in [9.17, 15) is 4.39 Å². The van der Waals surface area contributed by atoms with E-state index in [2.05, 4.69) is 34.0 Å². The molecule has 1 N–H and O–H groups in total. The molecule has 0 aliphatic carbocycles. The molecule has 0 spiro atoms. The lowest BCUT2D eigenvalue weighted by atomic mass is 9.93. The molecule has 0 amide bonds. The Labute approximate surface area is 172 Å².